The first-order chi connectivity index (χ1) is 17.4. The minimum Gasteiger partial charge on any atom is -0.497 e. The summed E-state index contributed by atoms with van der Waals surface area (Å²) in [4.78, 5) is 12.9. The first kappa shape index (κ1) is 28.9. The lowest BCUT2D eigenvalue weighted by Crippen LogP contribution is -2.69. The van der Waals surface area contributed by atoms with E-state index in [1.54, 1.807) is 45.0 Å². The van der Waals surface area contributed by atoms with Crippen molar-refractivity contribution < 1.29 is 32.5 Å². The van der Waals surface area contributed by atoms with Crippen molar-refractivity contribution in [3.05, 3.63) is 60.2 Å². The Balaban J connectivity index is 2.01. The van der Waals surface area contributed by atoms with Gasteiger partial charge in [0.05, 0.1) is 24.7 Å². The highest BCUT2D eigenvalue weighted by Crippen LogP contribution is 2.25. The standard InChI is InChI=1S/C27H38N2O7S/c1-26(2,3)36-25(31)28-27(18-20-10-6-5-7-11-20,24(30)19-35-22-12-8-9-13-22)29-37(32,33)23-16-14-21(34-4)15-17-23/h5-7,10-11,14-17,22,24,29-30H,8-9,12-13,18-19H2,1-4H3,(H,28,31). The molecule has 0 saturated heterocycles. The quantitative estimate of drug-likeness (QED) is 0.375. The third kappa shape index (κ3) is 8.43. The fourth-order valence-electron chi connectivity index (χ4n) is 4.26. The van der Waals surface area contributed by atoms with Gasteiger partial charge >= 0.3 is 6.09 Å². The topological polar surface area (TPSA) is 123 Å². The van der Waals surface area contributed by atoms with Crippen LogP contribution in [0.25, 0.3) is 0 Å². The molecule has 3 rings (SSSR count). The molecule has 2 atom stereocenters. The number of carbonyl (C=O) groups excluding carboxylic acids is 1. The Bertz CT molecular complexity index is 1110. The van der Waals surface area contributed by atoms with Gasteiger partial charge in [-0.15, -0.1) is 0 Å². The molecule has 0 aliphatic heterocycles. The number of benzene rings is 2. The van der Waals surface area contributed by atoms with E-state index in [1.807, 2.05) is 6.07 Å². The molecule has 1 saturated carbocycles. The highest BCUT2D eigenvalue weighted by Gasteiger charge is 2.45. The number of nitrogens with one attached hydrogen (secondary N) is 2. The van der Waals surface area contributed by atoms with Crippen molar-refractivity contribution in [1.82, 2.24) is 10.0 Å². The molecule has 10 heteroatoms. The van der Waals surface area contributed by atoms with Gasteiger partial charge in [-0.3, -0.25) is 5.32 Å². The van der Waals surface area contributed by atoms with Crippen molar-refractivity contribution in [1.29, 1.82) is 0 Å². The van der Waals surface area contributed by atoms with Gasteiger partial charge in [0.2, 0.25) is 10.0 Å². The second kappa shape index (κ2) is 12.3. The number of ether oxygens (including phenoxy) is 3. The predicted molar refractivity (Wildman–Crippen MR) is 140 cm³/mol. The molecule has 2 aromatic rings. The maximum Gasteiger partial charge on any atom is 0.409 e. The molecule has 2 aromatic carbocycles. The van der Waals surface area contributed by atoms with Gasteiger partial charge in [0.1, 0.15) is 23.1 Å². The lowest BCUT2D eigenvalue weighted by atomic mass is 9.95. The van der Waals surface area contributed by atoms with Crippen LogP contribution in [0, 0.1) is 0 Å². The Morgan fingerprint density at radius 2 is 1.68 bits per heavy atom. The third-order valence-electron chi connectivity index (χ3n) is 6.10. The monoisotopic (exact) mass is 534 g/mol. The van der Waals surface area contributed by atoms with Crippen LogP contribution < -0.4 is 14.8 Å². The minimum absolute atomic E-state index is 0.0243. The summed E-state index contributed by atoms with van der Waals surface area (Å²) < 4.78 is 46.3. The molecule has 1 fully saturated rings. The number of methoxy groups -OCH3 is 1. The average molecular weight is 535 g/mol. The van der Waals surface area contributed by atoms with Gasteiger partial charge in [-0.2, -0.15) is 4.72 Å². The lowest BCUT2D eigenvalue weighted by molar-refractivity contribution is -0.0515. The number of aliphatic hydroxyl groups excluding tert-OH is 1. The van der Waals surface area contributed by atoms with E-state index < -0.39 is 33.5 Å². The molecule has 2 unspecified atom stereocenters. The molecule has 0 heterocycles. The van der Waals surface area contributed by atoms with Crippen molar-refractivity contribution in [3.63, 3.8) is 0 Å². The van der Waals surface area contributed by atoms with Crippen LogP contribution in [0.4, 0.5) is 4.79 Å². The zero-order chi connectivity index (χ0) is 27.1. The average Bonchev–Trinajstić information content (AvgIpc) is 3.35. The Morgan fingerprint density at radius 3 is 2.24 bits per heavy atom. The molecular weight excluding hydrogens is 496 g/mol. The number of hydrogen-bond donors (Lipinski definition) is 3. The molecule has 9 nitrogen and oxygen atoms in total. The molecule has 0 aromatic heterocycles. The fourth-order valence-corrected chi connectivity index (χ4v) is 5.61. The van der Waals surface area contributed by atoms with E-state index >= 15 is 0 Å². The van der Waals surface area contributed by atoms with Crippen molar-refractivity contribution in [2.24, 2.45) is 0 Å². The zero-order valence-corrected chi connectivity index (χ0v) is 22.7. The summed E-state index contributed by atoms with van der Waals surface area (Å²) in [7, 11) is -2.74. The van der Waals surface area contributed by atoms with Crippen LogP contribution >= 0.6 is 0 Å². The number of amides is 1. The molecule has 3 N–H and O–H groups in total. The van der Waals surface area contributed by atoms with Gasteiger partial charge in [0.25, 0.3) is 0 Å². The third-order valence-corrected chi connectivity index (χ3v) is 7.62. The first-order valence-electron chi connectivity index (χ1n) is 12.5. The number of carbonyl (C=O) groups is 1. The largest absolute Gasteiger partial charge is 0.497 e. The molecule has 1 aliphatic rings. The van der Waals surface area contributed by atoms with Crippen LogP contribution in [0.5, 0.6) is 5.75 Å². The Morgan fingerprint density at radius 1 is 1.05 bits per heavy atom. The van der Waals surface area contributed by atoms with E-state index in [0.29, 0.717) is 11.3 Å². The number of rotatable bonds is 11. The summed E-state index contributed by atoms with van der Waals surface area (Å²) in [5, 5.41) is 14.1. The lowest BCUT2D eigenvalue weighted by Gasteiger charge is -2.39. The molecule has 1 amide bonds. The van der Waals surface area contributed by atoms with Crippen molar-refractivity contribution >= 4 is 16.1 Å². The second-order valence-electron chi connectivity index (χ2n) is 10.3. The van der Waals surface area contributed by atoms with Crippen molar-refractivity contribution in [2.45, 2.75) is 81.2 Å². The number of alkyl carbamates (subject to hydrolysis) is 1. The molecule has 204 valence electrons. The van der Waals surface area contributed by atoms with Crippen molar-refractivity contribution in [3.8, 4) is 5.75 Å². The Labute approximate surface area is 219 Å². The smallest absolute Gasteiger partial charge is 0.409 e. The van der Waals surface area contributed by atoms with E-state index in [0.717, 1.165) is 25.7 Å². The number of hydrogen-bond acceptors (Lipinski definition) is 7. The Kier molecular flexibility index (Phi) is 9.57. The molecule has 0 spiro atoms. The van der Waals surface area contributed by atoms with E-state index in [1.165, 1.54) is 31.4 Å². The maximum atomic E-state index is 13.6. The molecular formula is C27H38N2O7S. The number of aliphatic hydroxyl groups is 1. The van der Waals surface area contributed by atoms with E-state index in [4.69, 9.17) is 14.2 Å². The predicted octanol–water partition coefficient (Wildman–Crippen LogP) is 3.76. The van der Waals surface area contributed by atoms with E-state index in [2.05, 4.69) is 10.0 Å². The van der Waals surface area contributed by atoms with Gasteiger partial charge in [0, 0.05) is 6.42 Å². The summed E-state index contributed by atoms with van der Waals surface area (Å²) >= 11 is 0. The van der Waals surface area contributed by atoms with Gasteiger partial charge in [-0.1, -0.05) is 43.2 Å². The summed E-state index contributed by atoms with van der Waals surface area (Å²) in [5.74, 6) is 0.492. The van der Waals surface area contributed by atoms with Gasteiger partial charge < -0.3 is 19.3 Å². The van der Waals surface area contributed by atoms with Crippen LogP contribution in [-0.2, 0) is 25.9 Å². The summed E-state index contributed by atoms with van der Waals surface area (Å²) in [6.07, 6.45) is 1.42. The molecule has 0 bridgehead atoms. The van der Waals surface area contributed by atoms with E-state index in [9.17, 15) is 18.3 Å². The summed E-state index contributed by atoms with van der Waals surface area (Å²) in [5.41, 5.74) is -2.03. The normalized spacial score (nSPS) is 17.1. The summed E-state index contributed by atoms with van der Waals surface area (Å²) in [6.45, 7) is 4.92. The van der Waals surface area contributed by atoms with Gasteiger partial charge in [-0.05, 0) is 63.4 Å². The zero-order valence-electron chi connectivity index (χ0n) is 21.9. The summed E-state index contributed by atoms with van der Waals surface area (Å²) in [6, 6.07) is 14.8. The Hall–Kier alpha value is -2.66. The van der Waals surface area contributed by atoms with Crippen molar-refractivity contribution in [2.75, 3.05) is 13.7 Å². The highest BCUT2D eigenvalue weighted by atomic mass is 32.2. The maximum absolute atomic E-state index is 13.6. The highest BCUT2D eigenvalue weighted by molar-refractivity contribution is 7.89. The van der Waals surface area contributed by atoms with E-state index in [-0.39, 0.29) is 24.0 Å². The van der Waals surface area contributed by atoms with Crippen LogP contribution in [0.2, 0.25) is 0 Å². The fraction of sp³-hybridized carbons (Fsp3) is 0.519. The van der Waals surface area contributed by atoms with Crippen LogP contribution in [-0.4, -0.2) is 56.8 Å². The minimum atomic E-state index is -4.23. The van der Waals surface area contributed by atoms with Crippen LogP contribution in [0.3, 0.4) is 0 Å². The first-order valence-corrected chi connectivity index (χ1v) is 13.9. The molecule has 37 heavy (non-hydrogen) atoms. The van der Waals surface area contributed by atoms with Crippen LogP contribution in [0.15, 0.2) is 59.5 Å². The SMILES string of the molecule is COc1ccc(S(=O)(=O)NC(Cc2ccccc2)(NC(=O)OC(C)(C)C)C(O)COC2CCCC2)cc1. The molecule has 1 aliphatic carbocycles. The molecule has 0 radical (unpaired) electrons. The van der Waals surface area contributed by atoms with Crippen LogP contribution in [0.1, 0.15) is 52.0 Å². The van der Waals surface area contributed by atoms with Gasteiger partial charge in [0.15, 0.2) is 0 Å². The number of sulfonamides is 1. The second-order valence-corrected chi connectivity index (χ2v) is 12.0. The van der Waals surface area contributed by atoms with Gasteiger partial charge in [-0.25, -0.2) is 13.2 Å².